The zero-order valence-electron chi connectivity index (χ0n) is 12.2. The minimum atomic E-state index is -0.175. The Morgan fingerprint density at radius 3 is 2.39 bits per heavy atom. The molecule has 2 N–H and O–H groups in total. The maximum atomic E-state index is 12.3. The molecule has 1 aromatic heterocycles. The van der Waals surface area contributed by atoms with Gasteiger partial charge in [0.25, 0.3) is 5.91 Å². The van der Waals surface area contributed by atoms with E-state index in [0.717, 1.165) is 15.8 Å². The summed E-state index contributed by atoms with van der Waals surface area (Å²) in [5.41, 5.74) is 2.21. The second-order valence-corrected chi connectivity index (χ2v) is 5.80. The molecule has 1 amide bonds. The molecule has 23 heavy (non-hydrogen) atoms. The molecule has 2 aromatic carbocycles. The minimum absolute atomic E-state index is 0.175. The molecular formula is C18H14BrN3O. The Bertz CT molecular complexity index is 804. The lowest BCUT2D eigenvalue weighted by Gasteiger charge is -2.08. The maximum absolute atomic E-state index is 12.3. The number of rotatable bonds is 4. The normalized spacial score (nSPS) is 10.1. The van der Waals surface area contributed by atoms with E-state index in [1.54, 1.807) is 18.3 Å². The molecule has 0 spiro atoms. The fourth-order valence-electron chi connectivity index (χ4n) is 2.05. The van der Waals surface area contributed by atoms with Crippen LogP contribution in [0.4, 0.5) is 17.2 Å². The predicted molar refractivity (Wildman–Crippen MR) is 96.1 cm³/mol. The van der Waals surface area contributed by atoms with Crippen molar-refractivity contribution in [2.75, 3.05) is 10.6 Å². The Labute approximate surface area is 142 Å². The average Bonchev–Trinajstić information content (AvgIpc) is 2.58. The van der Waals surface area contributed by atoms with Gasteiger partial charge in [-0.25, -0.2) is 4.98 Å². The van der Waals surface area contributed by atoms with Crippen LogP contribution in [0.3, 0.4) is 0 Å². The summed E-state index contributed by atoms with van der Waals surface area (Å²) in [6, 6.07) is 20.5. The van der Waals surface area contributed by atoms with Gasteiger partial charge in [-0.05, 0) is 48.5 Å². The van der Waals surface area contributed by atoms with Gasteiger partial charge < -0.3 is 10.6 Å². The lowest BCUT2D eigenvalue weighted by molar-refractivity contribution is 0.102. The van der Waals surface area contributed by atoms with E-state index in [-0.39, 0.29) is 5.91 Å². The number of nitrogens with one attached hydrogen (secondary N) is 2. The van der Waals surface area contributed by atoms with Crippen molar-refractivity contribution in [2.45, 2.75) is 0 Å². The highest BCUT2D eigenvalue weighted by Gasteiger charge is 2.07. The van der Waals surface area contributed by atoms with Crippen molar-refractivity contribution in [3.63, 3.8) is 0 Å². The summed E-state index contributed by atoms with van der Waals surface area (Å²) in [6.07, 6.45) is 1.61. The SMILES string of the molecule is O=C(Nc1ccc(Br)cc1)c1ccnc(Nc2ccccc2)c1. The molecule has 1 heterocycles. The van der Waals surface area contributed by atoms with Gasteiger partial charge in [-0.2, -0.15) is 0 Å². The highest BCUT2D eigenvalue weighted by Crippen LogP contribution is 2.17. The largest absolute Gasteiger partial charge is 0.340 e. The van der Waals surface area contributed by atoms with E-state index in [1.807, 2.05) is 54.6 Å². The number of para-hydroxylation sites is 1. The standard InChI is InChI=1S/C18H14BrN3O/c19-14-6-8-16(9-7-14)22-18(23)13-10-11-20-17(12-13)21-15-4-2-1-3-5-15/h1-12H,(H,20,21)(H,22,23). The first-order valence-corrected chi connectivity index (χ1v) is 7.85. The number of aromatic nitrogens is 1. The van der Waals surface area contributed by atoms with Gasteiger partial charge in [0.15, 0.2) is 0 Å². The zero-order valence-corrected chi connectivity index (χ0v) is 13.7. The van der Waals surface area contributed by atoms with Crippen LogP contribution >= 0.6 is 15.9 Å². The molecular weight excluding hydrogens is 354 g/mol. The smallest absolute Gasteiger partial charge is 0.255 e. The van der Waals surface area contributed by atoms with Crippen LogP contribution in [-0.4, -0.2) is 10.9 Å². The van der Waals surface area contributed by atoms with Crippen LogP contribution in [0.1, 0.15) is 10.4 Å². The Kier molecular flexibility index (Phi) is 4.68. The fourth-order valence-corrected chi connectivity index (χ4v) is 2.31. The molecule has 0 saturated heterocycles. The third kappa shape index (κ3) is 4.17. The van der Waals surface area contributed by atoms with Crippen molar-refractivity contribution in [1.82, 2.24) is 4.98 Å². The number of carbonyl (C=O) groups excluding carboxylic acids is 1. The third-order valence-corrected chi connectivity index (χ3v) is 3.70. The highest BCUT2D eigenvalue weighted by molar-refractivity contribution is 9.10. The lowest BCUT2D eigenvalue weighted by atomic mass is 10.2. The summed E-state index contributed by atoms with van der Waals surface area (Å²) >= 11 is 3.37. The maximum Gasteiger partial charge on any atom is 0.255 e. The number of halogens is 1. The molecule has 5 heteroatoms. The molecule has 0 bridgehead atoms. The van der Waals surface area contributed by atoms with Crippen molar-refractivity contribution in [3.05, 3.63) is 83.0 Å². The molecule has 0 aliphatic heterocycles. The van der Waals surface area contributed by atoms with Crippen LogP contribution in [0, 0.1) is 0 Å². The van der Waals surface area contributed by atoms with Crippen molar-refractivity contribution in [2.24, 2.45) is 0 Å². The van der Waals surface area contributed by atoms with Crippen molar-refractivity contribution in [1.29, 1.82) is 0 Å². The van der Waals surface area contributed by atoms with Crippen LogP contribution in [0.15, 0.2) is 77.4 Å². The summed E-state index contributed by atoms with van der Waals surface area (Å²) in [6.45, 7) is 0. The molecule has 0 aliphatic carbocycles. The van der Waals surface area contributed by atoms with Crippen LogP contribution in [0.2, 0.25) is 0 Å². The monoisotopic (exact) mass is 367 g/mol. The van der Waals surface area contributed by atoms with Crippen LogP contribution in [0.5, 0.6) is 0 Å². The summed E-state index contributed by atoms with van der Waals surface area (Å²) in [4.78, 5) is 16.6. The minimum Gasteiger partial charge on any atom is -0.340 e. The third-order valence-electron chi connectivity index (χ3n) is 3.17. The molecule has 0 atom stereocenters. The first-order valence-electron chi connectivity index (χ1n) is 7.06. The molecule has 4 nitrogen and oxygen atoms in total. The fraction of sp³-hybridized carbons (Fsp3) is 0. The van der Waals surface area contributed by atoms with E-state index in [0.29, 0.717) is 11.4 Å². The second-order valence-electron chi connectivity index (χ2n) is 4.88. The van der Waals surface area contributed by atoms with E-state index in [1.165, 1.54) is 0 Å². The molecule has 0 radical (unpaired) electrons. The molecule has 114 valence electrons. The van der Waals surface area contributed by atoms with E-state index >= 15 is 0 Å². The number of carbonyl (C=O) groups is 1. The van der Waals surface area contributed by atoms with Gasteiger partial charge in [0, 0.05) is 27.6 Å². The topological polar surface area (TPSA) is 54.0 Å². The molecule has 0 fully saturated rings. The van der Waals surface area contributed by atoms with Crippen molar-refractivity contribution < 1.29 is 4.79 Å². The highest BCUT2D eigenvalue weighted by atomic mass is 79.9. The Hall–Kier alpha value is -2.66. The van der Waals surface area contributed by atoms with E-state index in [9.17, 15) is 4.79 Å². The quantitative estimate of drug-likeness (QED) is 0.693. The summed E-state index contributed by atoms with van der Waals surface area (Å²) in [5.74, 6) is 0.450. The van der Waals surface area contributed by atoms with Crippen molar-refractivity contribution in [3.8, 4) is 0 Å². The van der Waals surface area contributed by atoms with Gasteiger partial charge in [-0.1, -0.05) is 34.1 Å². The number of benzene rings is 2. The number of anilines is 3. The van der Waals surface area contributed by atoms with Gasteiger partial charge in [0.1, 0.15) is 5.82 Å². The van der Waals surface area contributed by atoms with Gasteiger partial charge in [-0.3, -0.25) is 4.79 Å². The number of amides is 1. The second kappa shape index (κ2) is 7.07. The van der Waals surface area contributed by atoms with E-state index < -0.39 is 0 Å². The number of pyridine rings is 1. The number of hydrogen-bond acceptors (Lipinski definition) is 3. The lowest BCUT2D eigenvalue weighted by Crippen LogP contribution is -2.12. The molecule has 0 saturated carbocycles. The summed E-state index contributed by atoms with van der Waals surface area (Å²) in [7, 11) is 0. The Morgan fingerprint density at radius 2 is 1.65 bits per heavy atom. The average molecular weight is 368 g/mol. The van der Waals surface area contributed by atoms with Gasteiger partial charge >= 0.3 is 0 Å². The zero-order chi connectivity index (χ0) is 16.1. The van der Waals surface area contributed by atoms with E-state index in [4.69, 9.17) is 0 Å². The summed E-state index contributed by atoms with van der Waals surface area (Å²) < 4.78 is 0.966. The first-order chi connectivity index (χ1) is 11.2. The molecule has 0 aliphatic rings. The van der Waals surface area contributed by atoms with Gasteiger partial charge in [0.05, 0.1) is 0 Å². The molecule has 0 unspecified atom stereocenters. The van der Waals surface area contributed by atoms with Crippen LogP contribution in [-0.2, 0) is 0 Å². The Balaban J connectivity index is 1.73. The van der Waals surface area contributed by atoms with Gasteiger partial charge in [-0.15, -0.1) is 0 Å². The number of hydrogen-bond donors (Lipinski definition) is 2. The van der Waals surface area contributed by atoms with E-state index in [2.05, 4.69) is 31.5 Å². The predicted octanol–water partition coefficient (Wildman–Crippen LogP) is 4.84. The first kappa shape index (κ1) is 15.2. The summed E-state index contributed by atoms with van der Waals surface area (Å²) in [5, 5.41) is 6.03. The molecule has 3 aromatic rings. The van der Waals surface area contributed by atoms with Crippen LogP contribution in [0.25, 0.3) is 0 Å². The Morgan fingerprint density at radius 1 is 0.913 bits per heavy atom. The van der Waals surface area contributed by atoms with Crippen LogP contribution < -0.4 is 10.6 Å². The number of nitrogens with zero attached hydrogens (tertiary/aromatic N) is 1. The molecule has 3 rings (SSSR count). The van der Waals surface area contributed by atoms with Gasteiger partial charge in [0.2, 0.25) is 0 Å². The van der Waals surface area contributed by atoms with Crippen molar-refractivity contribution >= 4 is 39.0 Å².